The minimum absolute atomic E-state index is 0.0989. The third-order valence-electron chi connectivity index (χ3n) is 5.03. The molecule has 3 heterocycles. The molecule has 4 rings (SSSR count). The normalized spacial score (nSPS) is 18.5. The molecule has 6 heteroatoms. The van der Waals surface area contributed by atoms with Crippen LogP contribution in [0.2, 0.25) is 0 Å². The Balaban J connectivity index is 1.34. The number of piperazine rings is 1. The monoisotopic (exact) mass is 357 g/mol. The van der Waals surface area contributed by atoms with Crippen LogP contribution in [-0.4, -0.2) is 46.5 Å². The van der Waals surface area contributed by atoms with E-state index in [1.54, 1.807) is 17.4 Å². The zero-order chi connectivity index (χ0) is 17.2. The molecule has 1 saturated heterocycles. The van der Waals surface area contributed by atoms with Gasteiger partial charge in [-0.2, -0.15) is 11.3 Å². The Morgan fingerprint density at radius 2 is 1.92 bits per heavy atom. The number of thiophene rings is 1. The maximum Gasteiger partial charge on any atom is 0.254 e. The van der Waals surface area contributed by atoms with Crippen molar-refractivity contribution in [1.29, 1.82) is 0 Å². The summed E-state index contributed by atoms with van der Waals surface area (Å²) in [4.78, 5) is 28.7. The Morgan fingerprint density at radius 1 is 1.12 bits per heavy atom. The highest BCUT2D eigenvalue weighted by atomic mass is 32.1. The number of rotatable bonds is 5. The zero-order valence-corrected chi connectivity index (χ0v) is 15.1. The van der Waals surface area contributed by atoms with Crippen molar-refractivity contribution in [3.05, 3.63) is 56.6 Å². The Kier molecular flexibility index (Phi) is 4.72. The van der Waals surface area contributed by atoms with Crippen LogP contribution < -0.4 is 5.56 Å². The highest BCUT2D eigenvalue weighted by Gasteiger charge is 2.24. The lowest BCUT2D eigenvalue weighted by Crippen LogP contribution is -2.48. The van der Waals surface area contributed by atoms with Gasteiger partial charge in [-0.1, -0.05) is 6.07 Å². The molecule has 2 aromatic rings. The molecular formula is C19H23N3O2S. The predicted molar refractivity (Wildman–Crippen MR) is 98.9 cm³/mol. The second kappa shape index (κ2) is 7.14. The maximum atomic E-state index is 12.4. The van der Waals surface area contributed by atoms with Crippen molar-refractivity contribution in [3.8, 4) is 0 Å². The first-order valence-corrected chi connectivity index (χ1v) is 9.86. The molecule has 2 aromatic heterocycles. The molecule has 25 heavy (non-hydrogen) atoms. The summed E-state index contributed by atoms with van der Waals surface area (Å²) in [7, 11) is 0. The summed E-state index contributed by atoms with van der Waals surface area (Å²) >= 11 is 1.56. The van der Waals surface area contributed by atoms with Crippen LogP contribution in [0.1, 0.15) is 28.8 Å². The van der Waals surface area contributed by atoms with Crippen molar-refractivity contribution in [3.63, 3.8) is 0 Å². The number of amides is 1. The van der Waals surface area contributed by atoms with Crippen molar-refractivity contribution >= 4 is 17.2 Å². The first kappa shape index (κ1) is 16.5. The number of pyridine rings is 1. The van der Waals surface area contributed by atoms with Gasteiger partial charge in [-0.25, -0.2) is 0 Å². The average molecular weight is 357 g/mol. The summed E-state index contributed by atoms with van der Waals surface area (Å²) in [6.07, 6.45) is 4.51. The van der Waals surface area contributed by atoms with E-state index in [1.165, 1.54) is 18.4 Å². The van der Waals surface area contributed by atoms with E-state index in [0.717, 1.165) is 44.8 Å². The van der Waals surface area contributed by atoms with Gasteiger partial charge >= 0.3 is 0 Å². The SMILES string of the molecule is O=C(c1ccsc1)N1CCN(Cc2ccc(=O)n(CC3CC3)c2)CC1. The first-order valence-electron chi connectivity index (χ1n) is 8.92. The molecule has 2 aliphatic rings. The number of hydrogen-bond acceptors (Lipinski definition) is 4. The summed E-state index contributed by atoms with van der Waals surface area (Å²) in [5.74, 6) is 0.832. The molecule has 1 saturated carbocycles. The van der Waals surface area contributed by atoms with Crippen LogP contribution in [-0.2, 0) is 13.1 Å². The summed E-state index contributed by atoms with van der Waals surface area (Å²) < 4.78 is 1.86. The lowest BCUT2D eigenvalue weighted by atomic mass is 10.2. The van der Waals surface area contributed by atoms with Gasteiger partial charge in [0.15, 0.2) is 0 Å². The fourth-order valence-electron chi connectivity index (χ4n) is 3.33. The molecule has 0 atom stereocenters. The molecule has 1 amide bonds. The van der Waals surface area contributed by atoms with Crippen molar-refractivity contribution in [2.45, 2.75) is 25.9 Å². The Labute approximate surface area is 151 Å². The fraction of sp³-hybridized carbons (Fsp3) is 0.474. The van der Waals surface area contributed by atoms with Crippen molar-refractivity contribution < 1.29 is 4.79 Å². The third-order valence-corrected chi connectivity index (χ3v) is 5.71. The van der Waals surface area contributed by atoms with E-state index >= 15 is 0 Å². The molecule has 0 radical (unpaired) electrons. The van der Waals surface area contributed by atoms with Gasteiger partial charge in [-0.15, -0.1) is 0 Å². The molecule has 0 spiro atoms. The molecule has 0 unspecified atom stereocenters. The quantitative estimate of drug-likeness (QED) is 0.825. The lowest BCUT2D eigenvalue weighted by Gasteiger charge is -2.34. The number of hydrogen-bond donors (Lipinski definition) is 0. The van der Waals surface area contributed by atoms with E-state index in [4.69, 9.17) is 0 Å². The van der Waals surface area contributed by atoms with E-state index in [9.17, 15) is 9.59 Å². The van der Waals surface area contributed by atoms with Crippen LogP contribution in [0.3, 0.4) is 0 Å². The van der Waals surface area contributed by atoms with Gasteiger partial charge in [0.05, 0.1) is 5.56 Å². The van der Waals surface area contributed by atoms with Crippen LogP contribution in [0.15, 0.2) is 40.0 Å². The van der Waals surface area contributed by atoms with Gasteiger partial charge in [0.2, 0.25) is 0 Å². The number of carbonyl (C=O) groups is 1. The topological polar surface area (TPSA) is 45.6 Å². The Bertz CT molecular complexity index is 787. The first-order chi connectivity index (χ1) is 12.2. The predicted octanol–water partition coefficient (Wildman–Crippen LogP) is 2.28. The fourth-order valence-corrected chi connectivity index (χ4v) is 3.96. The third kappa shape index (κ3) is 4.02. The van der Waals surface area contributed by atoms with Crippen molar-refractivity contribution in [2.24, 2.45) is 5.92 Å². The molecular weight excluding hydrogens is 334 g/mol. The average Bonchev–Trinajstić information content (AvgIpc) is 3.27. The van der Waals surface area contributed by atoms with E-state index in [2.05, 4.69) is 4.90 Å². The van der Waals surface area contributed by atoms with Gasteiger partial charge in [0, 0.05) is 56.9 Å². The van der Waals surface area contributed by atoms with Crippen LogP contribution in [0.5, 0.6) is 0 Å². The summed E-state index contributed by atoms with van der Waals surface area (Å²) in [6.45, 7) is 4.96. The highest BCUT2D eigenvalue weighted by molar-refractivity contribution is 7.08. The molecule has 0 N–H and O–H groups in total. The van der Waals surface area contributed by atoms with Crippen LogP contribution in [0.4, 0.5) is 0 Å². The molecule has 132 valence electrons. The second-order valence-corrected chi connectivity index (χ2v) is 7.83. The second-order valence-electron chi connectivity index (χ2n) is 7.05. The van der Waals surface area contributed by atoms with Gasteiger partial charge in [-0.3, -0.25) is 14.5 Å². The molecule has 2 fully saturated rings. The van der Waals surface area contributed by atoms with Gasteiger partial charge < -0.3 is 9.47 Å². The molecule has 1 aliphatic heterocycles. The summed E-state index contributed by atoms with van der Waals surface area (Å²) in [5.41, 5.74) is 2.07. The number of nitrogens with zero attached hydrogens (tertiary/aromatic N) is 3. The van der Waals surface area contributed by atoms with Gasteiger partial charge in [0.1, 0.15) is 0 Å². The number of carbonyl (C=O) groups excluding carboxylic acids is 1. The van der Waals surface area contributed by atoms with Crippen LogP contribution in [0.25, 0.3) is 0 Å². The smallest absolute Gasteiger partial charge is 0.254 e. The van der Waals surface area contributed by atoms with E-state index in [-0.39, 0.29) is 11.5 Å². The Morgan fingerprint density at radius 3 is 2.60 bits per heavy atom. The largest absolute Gasteiger partial charge is 0.336 e. The highest BCUT2D eigenvalue weighted by Crippen LogP contribution is 2.30. The zero-order valence-electron chi connectivity index (χ0n) is 14.3. The number of aromatic nitrogens is 1. The lowest BCUT2D eigenvalue weighted by molar-refractivity contribution is 0.0629. The minimum Gasteiger partial charge on any atom is -0.336 e. The van der Waals surface area contributed by atoms with Gasteiger partial charge in [-0.05, 0) is 35.8 Å². The van der Waals surface area contributed by atoms with Crippen LogP contribution >= 0.6 is 11.3 Å². The molecule has 0 bridgehead atoms. The van der Waals surface area contributed by atoms with E-state index in [0.29, 0.717) is 5.92 Å². The molecule has 5 nitrogen and oxygen atoms in total. The summed E-state index contributed by atoms with van der Waals surface area (Å²) in [6, 6.07) is 5.52. The summed E-state index contributed by atoms with van der Waals surface area (Å²) in [5, 5.41) is 3.86. The van der Waals surface area contributed by atoms with Crippen LogP contribution in [0, 0.1) is 5.92 Å². The van der Waals surface area contributed by atoms with Crippen molar-refractivity contribution in [2.75, 3.05) is 26.2 Å². The standard InChI is InChI=1S/C19H23N3O2S/c23-18-4-3-16(13-22(18)12-15-1-2-15)11-20-6-8-21(9-7-20)19(24)17-5-10-25-14-17/h3-5,10,13-15H,1-2,6-9,11-12H2. The van der Waals surface area contributed by atoms with E-state index in [1.807, 2.05) is 38.6 Å². The minimum atomic E-state index is 0.0989. The maximum absolute atomic E-state index is 12.4. The van der Waals surface area contributed by atoms with E-state index < -0.39 is 0 Å². The van der Waals surface area contributed by atoms with Gasteiger partial charge in [0.25, 0.3) is 11.5 Å². The van der Waals surface area contributed by atoms with Crippen molar-refractivity contribution in [1.82, 2.24) is 14.4 Å². The molecule has 1 aliphatic carbocycles. The Hall–Kier alpha value is -1.92. The molecule has 0 aromatic carbocycles.